The number of pyridine rings is 1. The first-order chi connectivity index (χ1) is 9.10. The number of hydrogen-bond acceptors (Lipinski definition) is 3. The molecule has 0 radical (unpaired) electrons. The maximum absolute atomic E-state index is 6.21. The van der Waals surface area contributed by atoms with Crippen molar-refractivity contribution >= 4 is 15.9 Å². The van der Waals surface area contributed by atoms with Crippen molar-refractivity contribution in [3.63, 3.8) is 0 Å². The van der Waals surface area contributed by atoms with Gasteiger partial charge in [0.15, 0.2) is 0 Å². The second-order valence-electron chi connectivity index (χ2n) is 4.48. The van der Waals surface area contributed by atoms with Crippen LogP contribution in [0.15, 0.2) is 40.9 Å². The fourth-order valence-electron chi connectivity index (χ4n) is 1.97. The summed E-state index contributed by atoms with van der Waals surface area (Å²) in [6, 6.07) is 11.8. The van der Waals surface area contributed by atoms with E-state index in [1.165, 1.54) is 0 Å². The van der Waals surface area contributed by atoms with Gasteiger partial charge < -0.3 is 10.5 Å². The molecule has 1 aromatic carbocycles. The lowest BCUT2D eigenvalue weighted by Gasteiger charge is -2.13. The largest absolute Gasteiger partial charge is 0.496 e. The smallest absolute Gasteiger partial charge is 0.133 e. The standard InChI is InChI=1S/C15H17BrN2O/c1-10-4-3-5-14(18-10)13(17)9-11-6-7-15(19-2)12(16)8-11/h3-8,13H,9,17H2,1-2H3. The highest BCUT2D eigenvalue weighted by molar-refractivity contribution is 9.10. The summed E-state index contributed by atoms with van der Waals surface area (Å²) in [7, 11) is 1.65. The summed E-state index contributed by atoms with van der Waals surface area (Å²) in [5.74, 6) is 0.825. The summed E-state index contributed by atoms with van der Waals surface area (Å²) >= 11 is 3.48. The maximum atomic E-state index is 6.21. The van der Waals surface area contributed by atoms with E-state index in [-0.39, 0.29) is 6.04 Å². The van der Waals surface area contributed by atoms with Gasteiger partial charge in [-0.2, -0.15) is 0 Å². The van der Waals surface area contributed by atoms with Gasteiger partial charge in [0.25, 0.3) is 0 Å². The van der Waals surface area contributed by atoms with Crippen molar-refractivity contribution in [1.29, 1.82) is 0 Å². The molecule has 100 valence electrons. The van der Waals surface area contributed by atoms with Crippen molar-refractivity contribution in [2.75, 3.05) is 7.11 Å². The second-order valence-corrected chi connectivity index (χ2v) is 5.34. The average Bonchev–Trinajstić information content (AvgIpc) is 2.39. The molecule has 0 aliphatic rings. The van der Waals surface area contributed by atoms with Crippen molar-refractivity contribution in [1.82, 2.24) is 4.98 Å². The Morgan fingerprint density at radius 2 is 2.11 bits per heavy atom. The quantitative estimate of drug-likeness (QED) is 0.939. The number of benzene rings is 1. The molecule has 2 N–H and O–H groups in total. The Hall–Kier alpha value is -1.39. The van der Waals surface area contributed by atoms with Gasteiger partial charge in [-0.05, 0) is 59.1 Å². The normalized spacial score (nSPS) is 12.2. The predicted octanol–water partition coefficient (Wildman–Crippen LogP) is 3.40. The van der Waals surface area contributed by atoms with E-state index in [0.29, 0.717) is 0 Å². The zero-order chi connectivity index (χ0) is 13.8. The summed E-state index contributed by atoms with van der Waals surface area (Å²) in [4.78, 5) is 4.46. The molecule has 0 amide bonds. The van der Waals surface area contributed by atoms with Crippen molar-refractivity contribution in [3.05, 3.63) is 57.8 Å². The lowest BCUT2D eigenvalue weighted by molar-refractivity contribution is 0.412. The monoisotopic (exact) mass is 320 g/mol. The van der Waals surface area contributed by atoms with E-state index in [1.54, 1.807) is 7.11 Å². The van der Waals surface area contributed by atoms with Gasteiger partial charge in [-0.3, -0.25) is 4.98 Å². The molecular formula is C15H17BrN2O. The van der Waals surface area contributed by atoms with Crippen LogP contribution < -0.4 is 10.5 Å². The Labute approximate surface area is 121 Å². The Kier molecular flexibility index (Phi) is 4.56. The van der Waals surface area contributed by atoms with Gasteiger partial charge in [0.2, 0.25) is 0 Å². The number of aryl methyl sites for hydroxylation is 1. The SMILES string of the molecule is COc1ccc(CC(N)c2cccc(C)n2)cc1Br. The summed E-state index contributed by atoms with van der Waals surface area (Å²) < 4.78 is 6.16. The van der Waals surface area contributed by atoms with Crippen LogP contribution in [0.25, 0.3) is 0 Å². The maximum Gasteiger partial charge on any atom is 0.133 e. The fraction of sp³-hybridized carbons (Fsp3) is 0.267. The van der Waals surface area contributed by atoms with Crippen LogP contribution in [0.2, 0.25) is 0 Å². The van der Waals surface area contributed by atoms with E-state index in [4.69, 9.17) is 10.5 Å². The van der Waals surface area contributed by atoms with Crippen LogP contribution in [0.4, 0.5) is 0 Å². The van der Waals surface area contributed by atoms with Crippen LogP contribution in [0.1, 0.15) is 23.0 Å². The zero-order valence-electron chi connectivity index (χ0n) is 11.1. The third-order valence-corrected chi connectivity index (χ3v) is 3.58. The van der Waals surface area contributed by atoms with Crippen molar-refractivity contribution in [3.8, 4) is 5.75 Å². The van der Waals surface area contributed by atoms with E-state index >= 15 is 0 Å². The molecule has 1 aromatic heterocycles. The summed E-state index contributed by atoms with van der Waals surface area (Å²) in [6.45, 7) is 1.97. The second kappa shape index (κ2) is 6.17. The Morgan fingerprint density at radius 1 is 1.32 bits per heavy atom. The van der Waals surface area contributed by atoms with Crippen LogP contribution in [0, 0.1) is 6.92 Å². The first-order valence-electron chi connectivity index (χ1n) is 6.11. The molecule has 4 heteroatoms. The zero-order valence-corrected chi connectivity index (χ0v) is 12.6. The van der Waals surface area contributed by atoms with E-state index in [0.717, 1.165) is 33.6 Å². The molecule has 0 saturated carbocycles. The fourth-order valence-corrected chi connectivity index (χ4v) is 2.55. The van der Waals surface area contributed by atoms with Crippen LogP contribution >= 0.6 is 15.9 Å². The molecule has 3 nitrogen and oxygen atoms in total. The summed E-state index contributed by atoms with van der Waals surface area (Å²) in [5, 5.41) is 0. The van der Waals surface area contributed by atoms with Crippen molar-refractivity contribution in [2.24, 2.45) is 5.73 Å². The number of nitrogens with zero attached hydrogens (tertiary/aromatic N) is 1. The number of nitrogens with two attached hydrogens (primary N) is 1. The number of rotatable bonds is 4. The first kappa shape index (κ1) is 14.0. The number of ether oxygens (including phenoxy) is 1. The molecule has 0 aliphatic carbocycles. The molecule has 0 saturated heterocycles. The minimum absolute atomic E-state index is 0.0970. The van der Waals surface area contributed by atoms with Crippen LogP contribution in [0.3, 0.4) is 0 Å². The minimum Gasteiger partial charge on any atom is -0.496 e. The molecule has 2 rings (SSSR count). The van der Waals surface area contributed by atoms with Crippen molar-refractivity contribution < 1.29 is 4.74 Å². The third kappa shape index (κ3) is 3.55. The molecule has 1 heterocycles. The molecule has 19 heavy (non-hydrogen) atoms. The topological polar surface area (TPSA) is 48.1 Å². The number of aromatic nitrogens is 1. The Bertz CT molecular complexity index is 572. The van der Waals surface area contributed by atoms with E-state index in [2.05, 4.69) is 20.9 Å². The average molecular weight is 321 g/mol. The van der Waals surface area contributed by atoms with Gasteiger partial charge in [-0.1, -0.05) is 12.1 Å². The first-order valence-corrected chi connectivity index (χ1v) is 6.91. The van der Waals surface area contributed by atoms with Crippen LogP contribution in [-0.4, -0.2) is 12.1 Å². The molecule has 0 spiro atoms. The van der Waals surface area contributed by atoms with Gasteiger partial charge in [-0.25, -0.2) is 0 Å². The number of halogens is 1. The highest BCUT2D eigenvalue weighted by Crippen LogP contribution is 2.27. The van der Waals surface area contributed by atoms with Crippen LogP contribution in [-0.2, 0) is 6.42 Å². The van der Waals surface area contributed by atoms with E-state index < -0.39 is 0 Å². The lowest BCUT2D eigenvalue weighted by Crippen LogP contribution is -2.15. The predicted molar refractivity (Wildman–Crippen MR) is 80.3 cm³/mol. The molecular weight excluding hydrogens is 304 g/mol. The highest BCUT2D eigenvalue weighted by atomic mass is 79.9. The van der Waals surface area contributed by atoms with Gasteiger partial charge in [0.1, 0.15) is 5.75 Å². The highest BCUT2D eigenvalue weighted by Gasteiger charge is 2.10. The Balaban J connectivity index is 2.14. The molecule has 0 fully saturated rings. The summed E-state index contributed by atoms with van der Waals surface area (Å²) in [6.07, 6.45) is 0.749. The lowest BCUT2D eigenvalue weighted by atomic mass is 10.0. The summed E-state index contributed by atoms with van der Waals surface area (Å²) in [5.41, 5.74) is 9.28. The third-order valence-electron chi connectivity index (χ3n) is 2.96. The van der Waals surface area contributed by atoms with Gasteiger partial charge in [-0.15, -0.1) is 0 Å². The van der Waals surface area contributed by atoms with Gasteiger partial charge >= 0.3 is 0 Å². The van der Waals surface area contributed by atoms with Gasteiger partial charge in [0, 0.05) is 5.69 Å². The molecule has 1 unspecified atom stereocenters. The molecule has 2 aromatic rings. The van der Waals surface area contributed by atoms with Gasteiger partial charge in [0.05, 0.1) is 23.3 Å². The molecule has 0 bridgehead atoms. The molecule has 0 aliphatic heterocycles. The van der Waals surface area contributed by atoms with E-state index in [1.807, 2.05) is 43.3 Å². The Morgan fingerprint density at radius 3 is 2.74 bits per heavy atom. The number of hydrogen-bond donors (Lipinski definition) is 1. The van der Waals surface area contributed by atoms with Crippen LogP contribution in [0.5, 0.6) is 5.75 Å². The minimum atomic E-state index is -0.0970. The van der Waals surface area contributed by atoms with E-state index in [9.17, 15) is 0 Å². The van der Waals surface area contributed by atoms with Crippen molar-refractivity contribution in [2.45, 2.75) is 19.4 Å². The number of methoxy groups -OCH3 is 1. The molecule has 1 atom stereocenters.